The molecule has 6 nitrogen and oxygen atoms in total. The number of aliphatic imine (C=N–C) groups is 1. The van der Waals surface area contributed by atoms with Crippen LogP contribution in [-0.4, -0.2) is 49.7 Å². The summed E-state index contributed by atoms with van der Waals surface area (Å²) in [6.45, 7) is 7.67. The van der Waals surface area contributed by atoms with Gasteiger partial charge < -0.3 is 20.4 Å². The van der Waals surface area contributed by atoms with Crippen LogP contribution in [-0.2, 0) is 6.54 Å². The Morgan fingerprint density at radius 3 is 2.63 bits per heavy atom. The molecule has 2 aliphatic heterocycles. The fraction of sp³-hybridized carbons (Fsp3) is 0.417. The summed E-state index contributed by atoms with van der Waals surface area (Å²) < 4.78 is 0. The standard InChI is InChI=1S/C24H32N6/c1-2-25-24(27-19-20-8-7-9-22(18-20)29-14-5-6-15-29)28-21-11-16-30(17-12-21)23-10-3-4-13-26-23/h3-10,13,18,21H,2,11-12,14-17,19H2,1H3,(H2,25,27,28). The number of rotatable bonds is 6. The van der Waals surface area contributed by atoms with Crippen LogP contribution in [0.4, 0.5) is 11.5 Å². The Labute approximate surface area is 179 Å². The average molecular weight is 405 g/mol. The van der Waals surface area contributed by atoms with Gasteiger partial charge in [-0.3, -0.25) is 0 Å². The number of piperidine rings is 1. The van der Waals surface area contributed by atoms with Crippen LogP contribution in [0, 0.1) is 0 Å². The molecule has 0 amide bonds. The molecule has 1 aromatic heterocycles. The lowest BCUT2D eigenvalue weighted by molar-refractivity contribution is 0.459. The van der Waals surface area contributed by atoms with Crippen LogP contribution in [0.1, 0.15) is 25.3 Å². The molecule has 0 spiro atoms. The number of nitrogens with one attached hydrogen (secondary N) is 2. The molecule has 0 bridgehead atoms. The Morgan fingerprint density at radius 1 is 1.07 bits per heavy atom. The first-order chi connectivity index (χ1) is 14.8. The first-order valence-electron chi connectivity index (χ1n) is 11.0. The van der Waals surface area contributed by atoms with Gasteiger partial charge in [0.1, 0.15) is 5.82 Å². The summed E-state index contributed by atoms with van der Waals surface area (Å²) >= 11 is 0. The van der Waals surface area contributed by atoms with Crippen molar-refractivity contribution < 1.29 is 0 Å². The summed E-state index contributed by atoms with van der Waals surface area (Å²) in [5.41, 5.74) is 2.51. The van der Waals surface area contributed by atoms with E-state index < -0.39 is 0 Å². The quantitative estimate of drug-likeness (QED) is 0.440. The third-order valence-corrected chi connectivity index (χ3v) is 5.67. The number of aromatic nitrogens is 1. The van der Waals surface area contributed by atoms with Crippen LogP contribution in [0.15, 0.2) is 65.8 Å². The lowest BCUT2D eigenvalue weighted by atomic mass is 10.1. The molecule has 0 aliphatic carbocycles. The highest BCUT2D eigenvalue weighted by Gasteiger charge is 2.20. The molecule has 0 unspecified atom stereocenters. The molecule has 2 aliphatic rings. The van der Waals surface area contributed by atoms with Crippen molar-refractivity contribution in [1.82, 2.24) is 15.6 Å². The Morgan fingerprint density at radius 2 is 1.90 bits per heavy atom. The topological polar surface area (TPSA) is 55.8 Å². The number of guanidine groups is 1. The minimum Gasteiger partial charge on any atom is -0.364 e. The van der Waals surface area contributed by atoms with Crippen LogP contribution in [0.25, 0.3) is 0 Å². The second-order valence-electron chi connectivity index (χ2n) is 7.84. The zero-order chi connectivity index (χ0) is 20.6. The molecule has 1 aromatic carbocycles. The van der Waals surface area contributed by atoms with Crippen molar-refractivity contribution in [2.24, 2.45) is 4.99 Å². The number of hydrogen-bond donors (Lipinski definition) is 2. The van der Waals surface area contributed by atoms with Gasteiger partial charge in [-0.2, -0.15) is 0 Å². The molecule has 1 fully saturated rings. The smallest absolute Gasteiger partial charge is 0.191 e. The maximum absolute atomic E-state index is 4.86. The van der Waals surface area contributed by atoms with Gasteiger partial charge in [0.2, 0.25) is 0 Å². The maximum atomic E-state index is 4.86. The molecule has 0 atom stereocenters. The van der Waals surface area contributed by atoms with Gasteiger partial charge in [0.25, 0.3) is 0 Å². The van der Waals surface area contributed by atoms with E-state index in [1.807, 2.05) is 12.3 Å². The highest BCUT2D eigenvalue weighted by atomic mass is 15.2. The molecular formula is C24H32N6. The molecule has 158 valence electrons. The molecule has 4 rings (SSSR count). The molecule has 2 aromatic rings. The van der Waals surface area contributed by atoms with Gasteiger partial charge in [-0.15, -0.1) is 0 Å². The van der Waals surface area contributed by atoms with Crippen LogP contribution >= 0.6 is 0 Å². The summed E-state index contributed by atoms with van der Waals surface area (Å²) in [6, 6.07) is 15.3. The van der Waals surface area contributed by atoms with E-state index in [9.17, 15) is 0 Å². The van der Waals surface area contributed by atoms with E-state index >= 15 is 0 Å². The lowest BCUT2D eigenvalue weighted by Crippen LogP contribution is -2.48. The van der Waals surface area contributed by atoms with E-state index in [-0.39, 0.29) is 0 Å². The van der Waals surface area contributed by atoms with Crippen molar-refractivity contribution in [2.75, 3.05) is 42.5 Å². The molecule has 3 heterocycles. The number of nitrogens with zero attached hydrogens (tertiary/aromatic N) is 4. The van der Waals surface area contributed by atoms with Crippen molar-refractivity contribution in [3.63, 3.8) is 0 Å². The lowest BCUT2D eigenvalue weighted by Gasteiger charge is -2.33. The Kier molecular flexibility index (Phi) is 6.85. The minimum atomic E-state index is 0.435. The summed E-state index contributed by atoms with van der Waals surface area (Å²) in [4.78, 5) is 14.1. The Balaban J connectivity index is 1.33. The average Bonchev–Trinajstić information content (AvgIpc) is 3.34. The number of benzene rings is 1. The molecule has 0 saturated carbocycles. The highest BCUT2D eigenvalue weighted by molar-refractivity contribution is 5.80. The number of anilines is 2. The third kappa shape index (κ3) is 5.32. The fourth-order valence-electron chi connectivity index (χ4n) is 4.02. The normalized spacial score (nSPS) is 17.4. The second kappa shape index (κ2) is 10.1. The highest BCUT2D eigenvalue weighted by Crippen LogP contribution is 2.19. The van der Waals surface area contributed by atoms with Crippen molar-refractivity contribution >= 4 is 17.5 Å². The van der Waals surface area contributed by atoms with Crippen molar-refractivity contribution in [3.8, 4) is 0 Å². The van der Waals surface area contributed by atoms with E-state index in [1.54, 1.807) is 0 Å². The van der Waals surface area contributed by atoms with Gasteiger partial charge in [0.05, 0.1) is 6.54 Å². The van der Waals surface area contributed by atoms with Crippen LogP contribution in [0.5, 0.6) is 0 Å². The first kappa shape index (κ1) is 20.3. The predicted octanol–water partition coefficient (Wildman–Crippen LogP) is 3.18. The molecular weight excluding hydrogens is 372 g/mol. The second-order valence-corrected chi connectivity index (χ2v) is 7.84. The van der Waals surface area contributed by atoms with Gasteiger partial charge >= 0.3 is 0 Å². The molecule has 30 heavy (non-hydrogen) atoms. The predicted molar refractivity (Wildman–Crippen MR) is 125 cm³/mol. The van der Waals surface area contributed by atoms with Gasteiger partial charge in [-0.25, -0.2) is 9.98 Å². The zero-order valence-electron chi connectivity index (χ0n) is 17.8. The SMILES string of the molecule is CCNC(=NCc1cccc(N2CC=CC2)c1)NC1CCN(c2ccccn2)CC1. The van der Waals surface area contributed by atoms with Crippen molar-refractivity contribution in [1.29, 1.82) is 0 Å². The van der Waals surface area contributed by atoms with E-state index in [4.69, 9.17) is 4.99 Å². The van der Waals surface area contributed by atoms with Crippen LogP contribution in [0.3, 0.4) is 0 Å². The largest absolute Gasteiger partial charge is 0.364 e. The zero-order valence-corrected chi connectivity index (χ0v) is 17.8. The summed E-state index contributed by atoms with van der Waals surface area (Å²) in [5, 5.41) is 7.05. The van der Waals surface area contributed by atoms with Gasteiger partial charge in [-0.1, -0.05) is 30.4 Å². The van der Waals surface area contributed by atoms with Gasteiger partial charge in [0.15, 0.2) is 5.96 Å². The van der Waals surface area contributed by atoms with Crippen molar-refractivity contribution in [2.45, 2.75) is 32.4 Å². The van der Waals surface area contributed by atoms with E-state index in [0.717, 1.165) is 57.3 Å². The van der Waals surface area contributed by atoms with Crippen LogP contribution in [0.2, 0.25) is 0 Å². The minimum absolute atomic E-state index is 0.435. The molecule has 2 N–H and O–H groups in total. The van der Waals surface area contributed by atoms with Gasteiger partial charge in [-0.05, 0) is 49.6 Å². The molecule has 1 saturated heterocycles. The molecule has 6 heteroatoms. The summed E-state index contributed by atoms with van der Waals surface area (Å²) in [5.74, 6) is 1.98. The van der Waals surface area contributed by atoms with E-state index in [1.165, 1.54) is 11.3 Å². The van der Waals surface area contributed by atoms with E-state index in [0.29, 0.717) is 12.6 Å². The number of hydrogen-bond acceptors (Lipinski definition) is 4. The van der Waals surface area contributed by atoms with Crippen molar-refractivity contribution in [3.05, 3.63) is 66.4 Å². The maximum Gasteiger partial charge on any atom is 0.191 e. The summed E-state index contributed by atoms with van der Waals surface area (Å²) in [6.07, 6.45) is 8.47. The number of pyridine rings is 1. The van der Waals surface area contributed by atoms with Gasteiger partial charge in [0, 0.05) is 50.6 Å². The monoisotopic (exact) mass is 404 g/mol. The molecule has 0 radical (unpaired) electrons. The third-order valence-electron chi connectivity index (χ3n) is 5.67. The Bertz CT molecular complexity index is 847. The van der Waals surface area contributed by atoms with Crippen LogP contribution < -0.4 is 20.4 Å². The fourth-order valence-corrected chi connectivity index (χ4v) is 4.02. The summed E-state index contributed by atoms with van der Waals surface area (Å²) in [7, 11) is 0. The Hall–Kier alpha value is -3.02. The first-order valence-corrected chi connectivity index (χ1v) is 11.0. The van der Waals surface area contributed by atoms with E-state index in [2.05, 4.69) is 80.9 Å².